The summed E-state index contributed by atoms with van der Waals surface area (Å²) < 4.78 is 16.8. The van der Waals surface area contributed by atoms with Gasteiger partial charge in [0, 0.05) is 0 Å². The molecule has 1 aliphatic rings. The fraction of sp³-hybridized carbons (Fsp3) is 0.385. The molecule has 0 spiro atoms. The van der Waals surface area contributed by atoms with Gasteiger partial charge in [-0.15, -0.1) is 0 Å². The molecule has 0 saturated heterocycles. The van der Waals surface area contributed by atoms with Crippen molar-refractivity contribution in [2.45, 2.75) is 26.4 Å². The Bertz CT molecular complexity index is 619. The molecule has 5 heteroatoms. The van der Waals surface area contributed by atoms with Crippen molar-refractivity contribution in [2.75, 3.05) is 7.11 Å². The molecule has 1 aromatic heterocycles. The first-order valence-corrected chi connectivity index (χ1v) is 7.36. The maximum absolute atomic E-state index is 6.11. The van der Waals surface area contributed by atoms with Crippen LogP contribution in [0.5, 0.6) is 11.5 Å². The van der Waals surface area contributed by atoms with Crippen LogP contribution in [-0.4, -0.2) is 31.0 Å². The third-order valence-electron chi connectivity index (χ3n) is 3.15. The molecule has 3 rings (SSSR count). The number of methoxy groups -OCH3 is 1. The Morgan fingerprint density at radius 3 is 2.83 bits per heavy atom. The zero-order valence-corrected chi connectivity index (χ0v) is 12.5. The summed E-state index contributed by atoms with van der Waals surface area (Å²) in [4.78, 5) is 0. The first kappa shape index (κ1) is 11.8. The third-order valence-corrected chi connectivity index (χ3v) is 5.31. The molecule has 18 heavy (non-hydrogen) atoms. The van der Waals surface area contributed by atoms with Crippen LogP contribution in [0.4, 0.5) is 0 Å². The second-order valence-corrected chi connectivity index (χ2v) is 6.46. The van der Waals surface area contributed by atoms with E-state index in [9.17, 15) is 0 Å². The average molecular weight is 309 g/mol. The fourth-order valence-electron chi connectivity index (χ4n) is 2.30. The Kier molecular flexibility index (Phi) is 2.50. The van der Waals surface area contributed by atoms with E-state index in [1.165, 1.54) is 4.44 Å². The zero-order chi connectivity index (χ0) is 12.9. The van der Waals surface area contributed by atoms with Crippen LogP contribution in [0, 0.1) is 6.92 Å². The van der Waals surface area contributed by atoms with Gasteiger partial charge in [-0.05, 0) is 0 Å². The SMILES string of the molecule is COc1cc(C)c2c(c1)OC(C)(C)c1[se]nnc1-2. The first-order valence-electron chi connectivity index (χ1n) is 5.74. The Morgan fingerprint density at radius 1 is 1.33 bits per heavy atom. The second kappa shape index (κ2) is 3.84. The van der Waals surface area contributed by atoms with Crippen molar-refractivity contribution in [2.24, 2.45) is 0 Å². The number of aryl methyl sites for hydroxylation is 1. The summed E-state index contributed by atoms with van der Waals surface area (Å²) in [7, 11) is 1.66. The van der Waals surface area contributed by atoms with Crippen molar-refractivity contribution < 1.29 is 9.47 Å². The Labute approximate surface area is 112 Å². The number of benzene rings is 1. The second-order valence-electron chi connectivity index (χ2n) is 4.88. The van der Waals surface area contributed by atoms with Gasteiger partial charge >= 0.3 is 112 Å². The minimum absolute atomic E-state index is 0.0584. The molecule has 4 nitrogen and oxygen atoms in total. The minimum atomic E-state index is -0.329. The van der Waals surface area contributed by atoms with Crippen LogP contribution < -0.4 is 9.47 Å². The fourth-order valence-corrected chi connectivity index (χ4v) is 3.75. The van der Waals surface area contributed by atoms with Gasteiger partial charge in [-0.25, -0.2) is 0 Å². The van der Waals surface area contributed by atoms with Gasteiger partial charge in [0.15, 0.2) is 0 Å². The van der Waals surface area contributed by atoms with E-state index < -0.39 is 0 Å². The number of fused-ring (bicyclic) bond motifs is 3. The van der Waals surface area contributed by atoms with Gasteiger partial charge < -0.3 is 0 Å². The molecule has 2 heterocycles. The van der Waals surface area contributed by atoms with Crippen LogP contribution in [-0.2, 0) is 5.60 Å². The van der Waals surface area contributed by atoms with Crippen LogP contribution in [0.1, 0.15) is 23.8 Å². The molecule has 0 unspecified atom stereocenters. The zero-order valence-electron chi connectivity index (χ0n) is 10.8. The van der Waals surface area contributed by atoms with E-state index in [0.717, 1.165) is 28.3 Å². The van der Waals surface area contributed by atoms with Gasteiger partial charge in [-0.3, -0.25) is 0 Å². The van der Waals surface area contributed by atoms with E-state index in [0.29, 0.717) is 0 Å². The van der Waals surface area contributed by atoms with Gasteiger partial charge in [0.1, 0.15) is 0 Å². The van der Waals surface area contributed by atoms with Gasteiger partial charge in [0.05, 0.1) is 0 Å². The normalized spacial score (nSPS) is 15.6. The molecule has 0 saturated carbocycles. The average Bonchev–Trinajstić information content (AvgIpc) is 2.77. The van der Waals surface area contributed by atoms with Crippen LogP contribution in [0.3, 0.4) is 0 Å². The maximum atomic E-state index is 6.11. The van der Waals surface area contributed by atoms with E-state index in [-0.39, 0.29) is 20.3 Å². The molecule has 0 bridgehead atoms. The van der Waals surface area contributed by atoms with Gasteiger partial charge in [-0.1, -0.05) is 0 Å². The summed E-state index contributed by atoms with van der Waals surface area (Å²) in [6.45, 7) is 6.19. The van der Waals surface area contributed by atoms with Crippen molar-refractivity contribution in [3.63, 3.8) is 0 Å². The van der Waals surface area contributed by atoms with E-state index in [1.807, 2.05) is 12.1 Å². The van der Waals surface area contributed by atoms with E-state index in [2.05, 4.69) is 30.0 Å². The Balaban J connectivity index is 2.29. The van der Waals surface area contributed by atoms with E-state index >= 15 is 0 Å². The van der Waals surface area contributed by atoms with Crippen molar-refractivity contribution in [1.29, 1.82) is 0 Å². The molecule has 0 amide bonds. The number of rotatable bonds is 1. The predicted octanol–water partition coefficient (Wildman–Crippen LogP) is 2.15. The molecular weight excluding hydrogens is 295 g/mol. The number of nitrogens with zero attached hydrogens (tertiary/aromatic N) is 2. The van der Waals surface area contributed by atoms with Crippen molar-refractivity contribution in [1.82, 2.24) is 9.19 Å². The standard InChI is InChI=1S/C13H14N2O2Se/c1-7-5-8(16-4)6-9-10(7)11-12(18-15-14-11)13(2,3)17-9/h5-6H,1-4H3. The summed E-state index contributed by atoms with van der Waals surface area (Å²) in [6.07, 6.45) is 0. The van der Waals surface area contributed by atoms with E-state index in [1.54, 1.807) is 7.11 Å². The Hall–Kier alpha value is -1.32. The Morgan fingerprint density at radius 2 is 2.11 bits per heavy atom. The number of hydrogen-bond donors (Lipinski definition) is 0. The first-order chi connectivity index (χ1) is 8.53. The predicted molar refractivity (Wildman–Crippen MR) is 69.4 cm³/mol. The van der Waals surface area contributed by atoms with E-state index in [4.69, 9.17) is 9.47 Å². The molecule has 2 aromatic rings. The van der Waals surface area contributed by atoms with Gasteiger partial charge in [0.25, 0.3) is 0 Å². The van der Waals surface area contributed by atoms with Crippen molar-refractivity contribution in [3.05, 3.63) is 22.1 Å². The quantitative estimate of drug-likeness (QED) is 0.757. The van der Waals surface area contributed by atoms with Crippen molar-refractivity contribution >= 4 is 14.7 Å². The topological polar surface area (TPSA) is 44.2 Å². The molecule has 0 N–H and O–H groups in total. The molecular formula is C13H14N2O2Se. The summed E-state index contributed by atoms with van der Waals surface area (Å²) in [5, 5.41) is 4.32. The molecule has 0 fully saturated rings. The summed E-state index contributed by atoms with van der Waals surface area (Å²) >= 11 is 0.0584. The molecule has 1 aliphatic heterocycles. The molecule has 1 aromatic carbocycles. The van der Waals surface area contributed by atoms with Gasteiger partial charge in [0.2, 0.25) is 0 Å². The summed E-state index contributed by atoms with van der Waals surface area (Å²) in [5.74, 6) is 1.65. The summed E-state index contributed by atoms with van der Waals surface area (Å²) in [6, 6.07) is 3.93. The van der Waals surface area contributed by atoms with Crippen LogP contribution in [0.25, 0.3) is 11.3 Å². The number of ether oxygens (including phenoxy) is 2. The summed E-state index contributed by atoms with van der Waals surface area (Å²) in [5.41, 5.74) is 2.85. The van der Waals surface area contributed by atoms with Crippen molar-refractivity contribution in [3.8, 4) is 22.8 Å². The molecule has 0 atom stereocenters. The van der Waals surface area contributed by atoms with Crippen LogP contribution in [0.2, 0.25) is 0 Å². The number of aromatic nitrogens is 2. The monoisotopic (exact) mass is 310 g/mol. The number of hydrogen-bond acceptors (Lipinski definition) is 4. The third kappa shape index (κ3) is 1.58. The van der Waals surface area contributed by atoms with Gasteiger partial charge in [-0.2, -0.15) is 0 Å². The molecule has 0 radical (unpaired) electrons. The van der Waals surface area contributed by atoms with Crippen LogP contribution in [0.15, 0.2) is 12.1 Å². The molecule has 0 aliphatic carbocycles. The van der Waals surface area contributed by atoms with Crippen LogP contribution >= 0.6 is 0 Å². The molecule has 94 valence electrons.